The van der Waals surface area contributed by atoms with Gasteiger partial charge in [-0.3, -0.25) is 0 Å². The van der Waals surface area contributed by atoms with Crippen molar-refractivity contribution in [3.63, 3.8) is 0 Å². The lowest BCUT2D eigenvalue weighted by molar-refractivity contribution is -0.142. The van der Waals surface area contributed by atoms with Crippen molar-refractivity contribution in [1.29, 1.82) is 0 Å². The number of ether oxygens (including phenoxy) is 6. The Labute approximate surface area is 150 Å². The summed E-state index contributed by atoms with van der Waals surface area (Å²) in [6, 6.07) is 0. The molecule has 0 aliphatic rings. The van der Waals surface area contributed by atoms with Gasteiger partial charge in [0.1, 0.15) is 6.61 Å². The normalized spacial score (nSPS) is 11.1. The molecular weight excluding hydrogens is 332 g/mol. The van der Waals surface area contributed by atoms with Crippen LogP contribution in [0.2, 0.25) is 0 Å². The van der Waals surface area contributed by atoms with E-state index >= 15 is 0 Å². The number of hydrogen-bond acceptors (Lipinski definition) is 7. The Morgan fingerprint density at radius 1 is 0.600 bits per heavy atom. The van der Waals surface area contributed by atoms with Gasteiger partial charge in [0.15, 0.2) is 0 Å². The zero-order chi connectivity index (χ0) is 18.4. The van der Waals surface area contributed by atoms with Crippen LogP contribution in [-0.2, 0) is 33.2 Å². The first kappa shape index (κ1) is 24.2. The van der Waals surface area contributed by atoms with Crippen molar-refractivity contribution in [2.24, 2.45) is 0 Å². The Balaban J connectivity index is 2.97. The highest BCUT2D eigenvalue weighted by atomic mass is 16.6. The second-order valence-corrected chi connectivity index (χ2v) is 5.22. The van der Waals surface area contributed by atoms with Crippen LogP contribution in [-0.4, -0.2) is 90.4 Å². The Morgan fingerprint density at radius 3 is 1.32 bits per heavy atom. The molecule has 0 atom stereocenters. The van der Waals surface area contributed by atoms with E-state index in [4.69, 9.17) is 33.5 Å². The zero-order valence-electron chi connectivity index (χ0n) is 15.4. The average Bonchev–Trinajstić information content (AvgIpc) is 2.60. The summed E-state index contributed by atoms with van der Waals surface area (Å²) in [6.45, 7) is 7.54. The van der Waals surface area contributed by atoms with Crippen LogP contribution in [0.3, 0.4) is 0 Å². The van der Waals surface area contributed by atoms with Gasteiger partial charge >= 0.3 is 5.97 Å². The number of carboxylic acids is 1. The van der Waals surface area contributed by atoms with E-state index in [0.29, 0.717) is 59.5 Å². The van der Waals surface area contributed by atoms with Crippen LogP contribution in [0.15, 0.2) is 0 Å². The highest BCUT2D eigenvalue weighted by molar-refractivity contribution is 5.67. The highest BCUT2D eigenvalue weighted by Crippen LogP contribution is 1.93. The maximum absolute atomic E-state index is 10.2. The van der Waals surface area contributed by atoms with Crippen molar-refractivity contribution >= 4 is 5.97 Å². The summed E-state index contributed by atoms with van der Waals surface area (Å²) in [5.74, 6) is -0.982. The molecule has 0 saturated heterocycles. The number of carbonyl (C=O) groups is 1. The summed E-state index contributed by atoms with van der Waals surface area (Å²) in [4.78, 5) is 10.2. The second kappa shape index (κ2) is 21.3. The van der Waals surface area contributed by atoms with Gasteiger partial charge in [0.2, 0.25) is 0 Å². The Kier molecular flexibility index (Phi) is 20.6. The van der Waals surface area contributed by atoms with Crippen molar-refractivity contribution in [2.45, 2.75) is 26.2 Å². The molecule has 0 heterocycles. The van der Waals surface area contributed by atoms with Gasteiger partial charge in [0.05, 0.1) is 66.1 Å². The summed E-state index contributed by atoms with van der Waals surface area (Å²) in [5.41, 5.74) is 0. The fourth-order valence-electron chi connectivity index (χ4n) is 1.71. The van der Waals surface area contributed by atoms with E-state index in [-0.39, 0.29) is 13.2 Å². The van der Waals surface area contributed by atoms with Gasteiger partial charge in [-0.05, 0) is 6.42 Å². The summed E-state index contributed by atoms with van der Waals surface area (Å²) in [6.07, 6.45) is 3.53. The molecule has 0 aromatic carbocycles. The van der Waals surface area contributed by atoms with Crippen LogP contribution < -0.4 is 0 Å². The van der Waals surface area contributed by atoms with Gasteiger partial charge < -0.3 is 33.5 Å². The molecule has 0 fully saturated rings. The van der Waals surface area contributed by atoms with E-state index in [1.165, 1.54) is 12.8 Å². The van der Waals surface area contributed by atoms with Crippen LogP contribution in [0, 0.1) is 0 Å². The predicted molar refractivity (Wildman–Crippen MR) is 92.1 cm³/mol. The number of rotatable bonds is 21. The smallest absolute Gasteiger partial charge is 0.329 e. The first-order valence-corrected chi connectivity index (χ1v) is 8.95. The maximum Gasteiger partial charge on any atom is 0.329 e. The monoisotopic (exact) mass is 366 g/mol. The quantitative estimate of drug-likeness (QED) is 0.304. The Hall–Kier alpha value is -0.770. The van der Waals surface area contributed by atoms with Crippen molar-refractivity contribution in [3.05, 3.63) is 0 Å². The number of unbranched alkanes of at least 4 members (excludes halogenated alkanes) is 2. The average molecular weight is 366 g/mol. The molecule has 0 radical (unpaired) electrons. The Morgan fingerprint density at radius 2 is 0.960 bits per heavy atom. The molecule has 0 aromatic rings. The second-order valence-electron chi connectivity index (χ2n) is 5.22. The van der Waals surface area contributed by atoms with E-state index in [0.717, 1.165) is 13.0 Å². The minimum Gasteiger partial charge on any atom is -0.480 e. The van der Waals surface area contributed by atoms with Gasteiger partial charge in [-0.25, -0.2) is 4.79 Å². The molecule has 0 unspecified atom stereocenters. The zero-order valence-corrected chi connectivity index (χ0v) is 15.4. The fraction of sp³-hybridized carbons (Fsp3) is 0.941. The molecule has 0 spiro atoms. The third-order valence-corrected chi connectivity index (χ3v) is 2.98. The lowest BCUT2D eigenvalue weighted by Crippen LogP contribution is -2.15. The predicted octanol–water partition coefficient (Wildman–Crippen LogP) is 1.36. The van der Waals surface area contributed by atoms with Crippen molar-refractivity contribution in [2.75, 3.05) is 79.3 Å². The van der Waals surface area contributed by atoms with E-state index in [1.54, 1.807) is 0 Å². The third kappa shape index (κ3) is 23.2. The summed E-state index contributed by atoms with van der Waals surface area (Å²) in [5, 5.41) is 8.35. The van der Waals surface area contributed by atoms with Gasteiger partial charge in [0, 0.05) is 6.61 Å². The SMILES string of the molecule is CCCCCOCCOCCOCCOCCOCCOCC(=O)O. The molecular formula is C17H34O8. The molecule has 8 nitrogen and oxygen atoms in total. The maximum atomic E-state index is 10.2. The fourth-order valence-corrected chi connectivity index (χ4v) is 1.71. The van der Waals surface area contributed by atoms with Gasteiger partial charge in [0.25, 0.3) is 0 Å². The first-order chi connectivity index (χ1) is 12.3. The van der Waals surface area contributed by atoms with E-state index in [2.05, 4.69) is 6.92 Å². The topological polar surface area (TPSA) is 92.7 Å². The van der Waals surface area contributed by atoms with Crippen LogP contribution >= 0.6 is 0 Å². The summed E-state index contributed by atoms with van der Waals surface area (Å²) < 4.78 is 31.5. The van der Waals surface area contributed by atoms with Crippen LogP contribution in [0.25, 0.3) is 0 Å². The summed E-state index contributed by atoms with van der Waals surface area (Å²) in [7, 11) is 0. The lowest BCUT2D eigenvalue weighted by Gasteiger charge is -2.08. The summed E-state index contributed by atoms with van der Waals surface area (Å²) >= 11 is 0. The van der Waals surface area contributed by atoms with E-state index in [9.17, 15) is 4.79 Å². The molecule has 150 valence electrons. The molecule has 0 amide bonds. The largest absolute Gasteiger partial charge is 0.480 e. The molecule has 1 N–H and O–H groups in total. The van der Waals surface area contributed by atoms with Gasteiger partial charge in [-0.1, -0.05) is 19.8 Å². The lowest BCUT2D eigenvalue weighted by atomic mass is 10.3. The van der Waals surface area contributed by atoms with Crippen molar-refractivity contribution < 1.29 is 38.3 Å². The van der Waals surface area contributed by atoms with Gasteiger partial charge in [-0.2, -0.15) is 0 Å². The number of carboxylic acid groups (broad SMARTS) is 1. The van der Waals surface area contributed by atoms with E-state index in [1.807, 2.05) is 0 Å². The standard InChI is InChI=1S/C17H34O8/c1-2-3-4-5-20-6-7-21-8-9-22-10-11-23-12-13-24-14-15-25-16-17(18)19/h2-16H2,1H3,(H,18,19). The molecule has 0 aliphatic carbocycles. The Bertz CT molecular complexity index is 275. The third-order valence-electron chi connectivity index (χ3n) is 2.98. The molecule has 0 bridgehead atoms. The van der Waals surface area contributed by atoms with Crippen LogP contribution in [0.5, 0.6) is 0 Å². The van der Waals surface area contributed by atoms with Crippen LogP contribution in [0.1, 0.15) is 26.2 Å². The van der Waals surface area contributed by atoms with Crippen LogP contribution in [0.4, 0.5) is 0 Å². The van der Waals surface area contributed by atoms with Gasteiger partial charge in [-0.15, -0.1) is 0 Å². The first-order valence-electron chi connectivity index (χ1n) is 8.95. The van der Waals surface area contributed by atoms with Crippen molar-refractivity contribution in [3.8, 4) is 0 Å². The molecule has 8 heteroatoms. The number of hydrogen-bond donors (Lipinski definition) is 1. The molecule has 0 aromatic heterocycles. The highest BCUT2D eigenvalue weighted by Gasteiger charge is 1.96. The number of aliphatic carboxylic acids is 1. The molecule has 0 aliphatic heterocycles. The van der Waals surface area contributed by atoms with E-state index < -0.39 is 5.97 Å². The molecule has 0 saturated carbocycles. The minimum atomic E-state index is -0.982. The molecule has 0 rings (SSSR count). The molecule has 25 heavy (non-hydrogen) atoms. The minimum absolute atomic E-state index is 0.263. The van der Waals surface area contributed by atoms with Crippen molar-refractivity contribution in [1.82, 2.24) is 0 Å².